The van der Waals surface area contributed by atoms with Gasteiger partial charge in [0.25, 0.3) is 5.91 Å². The number of benzene rings is 1. The molecule has 0 radical (unpaired) electrons. The van der Waals surface area contributed by atoms with Crippen LogP contribution in [0.2, 0.25) is 0 Å². The Labute approximate surface area is 171 Å². The molecule has 1 saturated carbocycles. The van der Waals surface area contributed by atoms with Crippen LogP contribution in [-0.2, 0) is 19.1 Å². The lowest BCUT2D eigenvalue weighted by Crippen LogP contribution is -2.59. The van der Waals surface area contributed by atoms with E-state index in [1.54, 1.807) is 16.8 Å². The van der Waals surface area contributed by atoms with Gasteiger partial charge in [-0.05, 0) is 30.9 Å². The van der Waals surface area contributed by atoms with Crippen molar-refractivity contribution < 1.29 is 19.1 Å². The Morgan fingerprint density at radius 3 is 2.48 bits per heavy atom. The van der Waals surface area contributed by atoms with Crippen LogP contribution in [0.25, 0.3) is 0 Å². The maximum absolute atomic E-state index is 13.4. The van der Waals surface area contributed by atoms with Gasteiger partial charge in [-0.3, -0.25) is 14.4 Å². The van der Waals surface area contributed by atoms with Crippen molar-refractivity contribution in [3.63, 3.8) is 0 Å². The highest BCUT2D eigenvalue weighted by atomic mass is 16.5. The second-order valence-corrected chi connectivity index (χ2v) is 8.32. The molecule has 0 aromatic heterocycles. The Morgan fingerprint density at radius 1 is 1.07 bits per heavy atom. The molecule has 1 aromatic carbocycles. The van der Waals surface area contributed by atoms with E-state index in [2.05, 4.69) is 0 Å². The van der Waals surface area contributed by atoms with Crippen LogP contribution in [0.5, 0.6) is 0 Å². The first-order valence-electron chi connectivity index (χ1n) is 10.5. The van der Waals surface area contributed by atoms with Gasteiger partial charge in [-0.15, -0.1) is 0 Å². The zero-order valence-corrected chi connectivity index (χ0v) is 17.2. The van der Waals surface area contributed by atoms with Crippen LogP contribution in [0.15, 0.2) is 24.3 Å². The second kappa shape index (κ2) is 8.14. The first kappa shape index (κ1) is 19.9. The second-order valence-electron chi connectivity index (χ2n) is 8.32. The zero-order chi connectivity index (χ0) is 20.5. The molecule has 2 saturated heterocycles. The Balaban J connectivity index is 1.53. The molecule has 3 aliphatic rings. The summed E-state index contributed by atoms with van der Waals surface area (Å²) in [5.41, 5.74) is 1.90. The number of carbonyl (C=O) groups is 3. The number of carbonyl (C=O) groups excluding carboxylic acids is 3. The molecular weight excluding hydrogens is 370 g/mol. The topological polar surface area (TPSA) is 70.2 Å². The van der Waals surface area contributed by atoms with Gasteiger partial charge in [0.05, 0.1) is 12.6 Å². The highest BCUT2D eigenvalue weighted by Crippen LogP contribution is 2.32. The molecule has 4 rings (SSSR count). The van der Waals surface area contributed by atoms with Crippen molar-refractivity contribution in [3.05, 3.63) is 35.4 Å². The molecular formula is C22H29N3O4. The van der Waals surface area contributed by atoms with E-state index in [1.807, 2.05) is 36.1 Å². The molecule has 2 heterocycles. The van der Waals surface area contributed by atoms with E-state index >= 15 is 0 Å². The monoisotopic (exact) mass is 399 g/mol. The highest BCUT2D eigenvalue weighted by molar-refractivity contribution is 5.90. The number of amides is 3. The number of piperazine rings is 1. The van der Waals surface area contributed by atoms with Crippen LogP contribution in [-0.4, -0.2) is 77.9 Å². The van der Waals surface area contributed by atoms with E-state index in [-0.39, 0.29) is 30.9 Å². The predicted octanol–water partition coefficient (Wildman–Crippen LogP) is 1.51. The minimum Gasteiger partial charge on any atom is -0.356 e. The fourth-order valence-electron chi connectivity index (χ4n) is 4.87. The van der Waals surface area contributed by atoms with Gasteiger partial charge >= 0.3 is 0 Å². The number of likely N-dealkylation sites (N-methyl/N-ethyl adjacent to an activating group) is 1. The number of hydrogen-bond donors (Lipinski definition) is 0. The van der Waals surface area contributed by atoms with Crippen LogP contribution in [0.4, 0.5) is 0 Å². The Bertz CT molecular complexity index is 805. The maximum Gasteiger partial charge on any atom is 0.254 e. The summed E-state index contributed by atoms with van der Waals surface area (Å²) in [5.74, 6) is -0.342. The lowest BCUT2D eigenvalue weighted by Gasteiger charge is -2.43. The number of aryl methyl sites for hydroxylation is 1. The SMILES string of the molecule is Cc1ccccc1[C@@H]1[C@@H](C(=O)N2CCN(C3CCCC3)C(=O)C2)OCC(=O)N1C. The first-order chi connectivity index (χ1) is 14.0. The lowest BCUT2D eigenvalue weighted by atomic mass is 9.93. The van der Waals surface area contributed by atoms with E-state index < -0.39 is 12.1 Å². The van der Waals surface area contributed by atoms with Crippen molar-refractivity contribution in [1.29, 1.82) is 0 Å². The van der Waals surface area contributed by atoms with Crippen LogP contribution in [0.1, 0.15) is 42.9 Å². The first-order valence-corrected chi connectivity index (χ1v) is 10.5. The maximum atomic E-state index is 13.4. The molecule has 156 valence electrons. The van der Waals surface area contributed by atoms with Crippen molar-refractivity contribution >= 4 is 17.7 Å². The normalized spacial score (nSPS) is 26.3. The molecule has 29 heavy (non-hydrogen) atoms. The van der Waals surface area contributed by atoms with Crippen molar-refractivity contribution in [2.75, 3.05) is 33.3 Å². The summed E-state index contributed by atoms with van der Waals surface area (Å²) in [4.78, 5) is 43.5. The van der Waals surface area contributed by atoms with E-state index in [9.17, 15) is 14.4 Å². The van der Waals surface area contributed by atoms with E-state index in [1.165, 1.54) is 12.8 Å². The molecule has 3 amide bonds. The lowest BCUT2D eigenvalue weighted by molar-refractivity contribution is -0.170. The van der Waals surface area contributed by atoms with Crippen LogP contribution in [0.3, 0.4) is 0 Å². The predicted molar refractivity (Wildman–Crippen MR) is 107 cm³/mol. The van der Waals surface area contributed by atoms with Crippen LogP contribution < -0.4 is 0 Å². The number of nitrogens with zero attached hydrogens (tertiary/aromatic N) is 3. The van der Waals surface area contributed by atoms with Crippen LogP contribution in [0, 0.1) is 6.92 Å². The van der Waals surface area contributed by atoms with E-state index in [0.717, 1.165) is 24.0 Å². The molecule has 2 atom stereocenters. The third kappa shape index (κ3) is 3.75. The third-order valence-electron chi connectivity index (χ3n) is 6.57. The Hall–Kier alpha value is -2.41. The molecule has 2 aliphatic heterocycles. The average molecular weight is 399 g/mol. The molecule has 0 N–H and O–H groups in total. The quantitative estimate of drug-likeness (QED) is 0.773. The van der Waals surface area contributed by atoms with Gasteiger partial charge in [0.1, 0.15) is 6.61 Å². The zero-order valence-electron chi connectivity index (χ0n) is 17.2. The molecule has 0 unspecified atom stereocenters. The fraction of sp³-hybridized carbons (Fsp3) is 0.591. The molecule has 7 heteroatoms. The molecule has 1 aliphatic carbocycles. The molecule has 1 aromatic rings. The fourth-order valence-corrected chi connectivity index (χ4v) is 4.87. The standard InChI is InChI=1S/C22H29N3O4/c1-15-7-3-6-10-17(15)20-21(29-14-19(27)23(20)2)22(28)24-11-12-25(18(26)13-24)16-8-4-5-9-16/h3,6-7,10,16,20-21H,4-5,8-9,11-14H2,1-2H3/t20-,21+/m1/s1. The summed E-state index contributed by atoms with van der Waals surface area (Å²) in [6.45, 7) is 3.02. The van der Waals surface area contributed by atoms with Crippen molar-refractivity contribution in [2.24, 2.45) is 0 Å². The van der Waals surface area contributed by atoms with Crippen molar-refractivity contribution in [2.45, 2.75) is 50.8 Å². The Kier molecular flexibility index (Phi) is 5.58. The van der Waals surface area contributed by atoms with E-state index in [4.69, 9.17) is 4.74 Å². The van der Waals surface area contributed by atoms with Gasteiger partial charge < -0.3 is 19.4 Å². The van der Waals surface area contributed by atoms with Crippen molar-refractivity contribution in [1.82, 2.24) is 14.7 Å². The van der Waals surface area contributed by atoms with E-state index in [0.29, 0.717) is 19.1 Å². The summed E-state index contributed by atoms with van der Waals surface area (Å²) in [6, 6.07) is 7.57. The van der Waals surface area contributed by atoms with Gasteiger partial charge in [0, 0.05) is 26.2 Å². The third-order valence-corrected chi connectivity index (χ3v) is 6.57. The molecule has 0 bridgehead atoms. The molecule has 3 fully saturated rings. The van der Waals surface area contributed by atoms with Gasteiger partial charge in [0.15, 0.2) is 6.10 Å². The summed E-state index contributed by atoms with van der Waals surface area (Å²) in [7, 11) is 1.71. The molecule has 0 spiro atoms. The van der Waals surface area contributed by atoms with Gasteiger partial charge in [-0.25, -0.2) is 0 Å². The summed E-state index contributed by atoms with van der Waals surface area (Å²) < 4.78 is 5.75. The molecule has 7 nitrogen and oxygen atoms in total. The van der Waals surface area contributed by atoms with Crippen LogP contribution >= 0.6 is 0 Å². The van der Waals surface area contributed by atoms with Gasteiger partial charge in [-0.2, -0.15) is 0 Å². The summed E-state index contributed by atoms with van der Waals surface area (Å²) >= 11 is 0. The minimum atomic E-state index is -0.801. The summed E-state index contributed by atoms with van der Waals surface area (Å²) in [6.07, 6.45) is 3.67. The Morgan fingerprint density at radius 2 is 1.79 bits per heavy atom. The largest absolute Gasteiger partial charge is 0.356 e. The number of hydrogen-bond acceptors (Lipinski definition) is 4. The minimum absolute atomic E-state index is 0.0178. The smallest absolute Gasteiger partial charge is 0.254 e. The van der Waals surface area contributed by atoms with Crippen molar-refractivity contribution in [3.8, 4) is 0 Å². The number of ether oxygens (including phenoxy) is 1. The van der Waals surface area contributed by atoms with Gasteiger partial charge in [-0.1, -0.05) is 37.1 Å². The number of morpholine rings is 1. The summed E-state index contributed by atoms with van der Waals surface area (Å²) in [5, 5.41) is 0. The average Bonchev–Trinajstić information content (AvgIpc) is 3.24. The highest BCUT2D eigenvalue weighted by Gasteiger charge is 2.44. The van der Waals surface area contributed by atoms with Gasteiger partial charge in [0.2, 0.25) is 11.8 Å². The number of rotatable bonds is 3.